The van der Waals surface area contributed by atoms with E-state index >= 15 is 0 Å². The summed E-state index contributed by atoms with van der Waals surface area (Å²) in [5.41, 5.74) is 1.98. The van der Waals surface area contributed by atoms with Crippen LogP contribution in [-0.4, -0.2) is 38.1 Å². The fourth-order valence-corrected chi connectivity index (χ4v) is 3.55. The van der Waals surface area contributed by atoms with Crippen molar-refractivity contribution >= 4 is 17.5 Å². The van der Waals surface area contributed by atoms with Gasteiger partial charge in [-0.2, -0.15) is 0 Å². The van der Waals surface area contributed by atoms with Gasteiger partial charge in [-0.25, -0.2) is 0 Å². The third kappa shape index (κ3) is 5.73. The molecule has 2 aliphatic heterocycles. The molecule has 3 rings (SSSR count). The van der Waals surface area contributed by atoms with E-state index in [4.69, 9.17) is 4.74 Å². The fraction of sp³-hybridized carbons (Fsp3) is 0.600. The van der Waals surface area contributed by atoms with Crippen LogP contribution in [-0.2, 0) is 16.0 Å². The molecule has 6 nitrogen and oxygen atoms in total. The highest BCUT2D eigenvalue weighted by molar-refractivity contribution is 5.94. The van der Waals surface area contributed by atoms with Crippen LogP contribution in [0.3, 0.4) is 0 Å². The molecule has 1 saturated heterocycles. The van der Waals surface area contributed by atoms with Crippen LogP contribution in [0.5, 0.6) is 5.75 Å². The van der Waals surface area contributed by atoms with E-state index in [1.165, 1.54) is 12.8 Å². The van der Waals surface area contributed by atoms with Gasteiger partial charge in [-0.15, -0.1) is 0 Å². The Hall–Kier alpha value is -2.08. The van der Waals surface area contributed by atoms with E-state index in [2.05, 4.69) is 16.0 Å². The van der Waals surface area contributed by atoms with E-state index in [1.807, 2.05) is 18.2 Å². The summed E-state index contributed by atoms with van der Waals surface area (Å²) in [5, 5.41) is 9.27. The van der Waals surface area contributed by atoms with Gasteiger partial charge in [-0.05, 0) is 74.9 Å². The molecular formula is C20H29N3O3. The zero-order valence-electron chi connectivity index (χ0n) is 15.3. The minimum atomic E-state index is 0.0666. The van der Waals surface area contributed by atoms with Crippen molar-refractivity contribution in [3.63, 3.8) is 0 Å². The zero-order chi connectivity index (χ0) is 18.2. The molecule has 1 aromatic carbocycles. The number of aryl methyl sites for hydroxylation is 1. The van der Waals surface area contributed by atoms with Crippen LogP contribution in [0.2, 0.25) is 0 Å². The topological polar surface area (TPSA) is 79.5 Å². The van der Waals surface area contributed by atoms with Crippen molar-refractivity contribution in [2.75, 3.05) is 31.6 Å². The largest absolute Gasteiger partial charge is 0.494 e. The number of benzene rings is 1. The second kappa shape index (κ2) is 9.57. The number of hydrogen-bond acceptors (Lipinski definition) is 4. The maximum atomic E-state index is 11.9. The first-order valence-electron chi connectivity index (χ1n) is 9.74. The first-order chi connectivity index (χ1) is 12.7. The van der Waals surface area contributed by atoms with Gasteiger partial charge < -0.3 is 20.7 Å². The lowest BCUT2D eigenvalue weighted by Gasteiger charge is -2.22. The van der Waals surface area contributed by atoms with Gasteiger partial charge in [0.1, 0.15) is 5.75 Å². The summed E-state index contributed by atoms with van der Waals surface area (Å²) < 4.78 is 5.75. The average molecular weight is 359 g/mol. The Balaban J connectivity index is 1.29. The van der Waals surface area contributed by atoms with Crippen LogP contribution in [0, 0.1) is 5.92 Å². The number of anilines is 1. The van der Waals surface area contributed by atoms with Crippen molar-refractivity contribution in [2.24, 2.45) is 5.92 Å². The Morgan fingerprint density at radius 1 is 1.31 bits per heavy atom. The minimum absolute atomic E-state index is 0.0666. The Kier molecular flexibility index (Phi) is 6.89. The van der Waals surface area contributed by atoms with E-state index in [-0.39, 0.29) is 11.8 Å². The first-order valence-corrected chi connectivity index (χ1v) is 9.74. The third-order valence-electron chi connectivity index (χ3n) is 5.06. The van der Waals surface area contributed by atoms with E-state index in [0.29, 0.717) is 31.8 Å². The molecule has 0 bridgehead atoms. The van der Waals surface area contributed by atoms with E-state index < -0.39 is 0 Å². The summed E-state index contributed by atoms with van der Waals surface area (Å²) in [6.45, 7) is 3.49. The molecule has 2 amide bonds. The number of nitrogens with one attached hydrogen (secondary N) is 3. The molecule has 0 saturated carbocycles. The number of piperidine rings is 1. The quantitative estimate of drug-likeness (QED) is 0.622. The molecule has 6 heteroatoms. The number of rotatable bonds is 8. The predicted molar refractivity (Wildman–Crippen MR) is 101 cm³/mol. The lowest BCUT2D eigenvalue weighted by Crippen LogP contribution is -2.33. The second-order valence-corrected chi connectivity index (χ2v) is 7.17. The van der Waals surface area contributed by atoms with Crippen LogP contribution in [0.1, 0.15) is 44.1 Å². The highest BCUT2D eigenvalue weighted by Gasteiger charge is 2.15. The number of carbonyl (C=O) groups is 2. The molecular weight excluding hydrogens is 330 g/mol. The summed E-state index contributed by atoms with van der Waals surface area (Å²) in [7, 11) is 0. The van der Waals surface area contributed by atoms with Crippen LogP contribution < -0.4 is 20.7 Å². The molecule has 3 N–H and O–H groups in total. The first kappa shape index (κ1) is 18.7. The second-order valence-electron chi connectivity index (χ2n) is 7.17. The van der Waals surface area contributed by atoms with Gasteiger partial charge in [-0.3, -0.25) is 9.59 Å². The Bertz CT molecular complexity index is 627. The van der Waals surface area contributed by atoms with Gasteiger partial charge in [0.2, 0.25) is 11.8 Å². The number of carbonyl (C=O) groups excluding carboxylic acids is 2. The monoisotopic (exact) mass is 359 g/mol. The minimum Gasteiger partial charge on any atom is -0.494 e. The van der Waals surface area contributed by atoms with Crippen LogP contribution in [0.4, 0.5) is 5.69 Å². The fourth-order valence-electron chi connectivity index (χ4n) is 3.55. The van der Waals surface area contributed by atoms with E-state index in [1.54, 1.807) is 0 Å². The smallest absolute Gasteiger partial charge is 0.224 e. The van der Waals surface area contributed by atoms with Crippen molar-refractivity contribution in [1.29, 1.82) is 0 Å². The number of amides is 2. The van der Waals surface area contributed by atoms with Gasteiger partial charge >= 0.3 is 0 Å². The van der Waals surface area contributed by atoms with E-state index in [9.17, 15) is 9.59 Å². The normalized spacial score (nSPS) is 19.4. The molecule has 2 aliphatic rings. The molecule has 0 radical (unpaired) electrons. The highest BCUT2D eigenvalue weighted by atomic mass is 16.5. The summed E-state index contributed by atoms with van der Waals surface area (Å²) >= 11 is 0. The van der Waals surface area contributed by atoms with Crippen LogP contribution >= 0.6 is 0 Å². The molecule has 0 aliphatic carbocycles. The molecule has 0 spiro atoms. The molecule has 1 atom stereocenters. The van der Waals surface area contributed by atoms with Crippen molar-refractivity contribution in [1.82, 2.24) is 10.6 Å². The number of hydrogen-bond donors (Lipinski definition) is 3. The molecule has 26 heavy (non-hydrogen) atoms. The lowest BCUT2D eigenvalue weighted by atomic mass is 9.96. The standard InChI is InChI=1S/C20H29N3O3/c24-19(22-11-9-15-3-1-10-21-14-15)4-2-12-26-17-6-7-18-16(13-17)5-8-20(25)23-18/h6-7,13,15,21H,1-5,8-12,14H2,(H,22,24)(H,23,25). The molecule has 2 heterocycles. The van der Waals surface area contributed by atoms with E-state index in [0.717, 1.165) is 49.5 Å². The molecule has 142 valence electrons. The highest BCUT2D eigenvalue weighted by Crippen LogP contribution is 2.26. The van der Waals surface area contributed by atoms with Crippen molar-refractivity contribution < 1.29 is 14.3 Å². The number of fused-ring (bicyclic) bond motifs is 1. The summed E-state index contributed by atoms with van der Waals surface area (Å²) in [6.07, 6.45) is 6.02. The summed E-state index contributed by atoms with van der Waals surface area (Å²) in [6, 6.07) is 5.73. The summed E-state index contributed by atoms with van der Waals surface area (Å²) in [5.74, 6) is 1.66. The zero-order valence-corrected chi connectivity index (χ0v) is 15.3. The Labute approximate surface area is 155 Å². The SMILES string of the molecule is O=C(CCCOc1ccc2c(c1)CCC(=O)N2)NCCC1CCCNC1. The van der Waals surface area contributed by atoms with Gasteiger partial charge in [0, 0.05) is 25.1 Å². The number of ether oxygens (including phenoxy) is 1. The van der Waals surface area contributed by atoms with Crippen molar-refractivity contribution in [3.8, 4) is 5.75 Å². The van der Waals surface area contributed by atoms with Crippen LogP contribution in [0.15, 0.2) is 18.2 Å². The molecule has 0 aromatic heterocycles. The Morgan fingerprint density at radius 3 is 3.08 bits per heavy atom. The van der Waals surface area contributed by atoms with Crippen molar-refractivity contribution in [2.45, 2.75) is 44.9 Å². The molecule has 1 fully saturated rings. The van der Waals surface area contributed by atoms with Gasteiger partial charge in [0.15, 0.2) is 0 Å². The molecule has 1 aromatic rings. The average Bonchev–Trinajstić information content (AvgIpc) is 2.66. The molecule has 1 unspecified atom stereocenters. The Morgan fingerprint density at radius 2 is 2.23 bits per heavy atom. The maximum Gasteiger partial charge on any atom is 0.224 e. The lowest BCUT2D eigenvalue weighted by molar-refractivity contribution is -0.121. The summed E-state index contributed by atoms with van der Waals surface area (Å²) in [4.78, 5) is 23.3. The maximum absolute atomic E-state index is 11.9. The third-order valence-corrected chi connectivity index (χ3v) is 5.06. The van der Waals surface area contributed by atoms with Crippen LogP contribution in [0.25, 0.3) is 0 Å². The van der Waals surface area contributed by atoms with Gasteiger partial charge in [0.05, 0.1) is 6.61 Å². The van der Waals surface area contributed by atoms with Crippen molar-refractivity contribution in [3.05, 3.63) is 23.8 Å². The predicted octanol–water partition coefficient (Wildman–Crippen LogP) is 2.24. The van der Waals surface area contributed by atoms with Gasteiger partial charge in [0.25, 0.3) is 0 Å². The van der Waals surface area contributed by atoms with Gasteiger partial charge in [-0.1, -0.05) is 0 Å².